The summed E-state index contributed by atoms with van der Waals surface area (Å²) < 4.78 is 32.4. The van der Waals surface area contributed by atoms with E-state index in [2.05, 4.69) is 0 Å². The zero-order valence-corrected chi connectivity index (χ0v) is 10.7. The van der Waals surface area contributed by atoms with Gasteiger partial charge in [0.1, 0.15) is 17.5 Å². The van der Waals surface area contributed by atoms with Crippen molar-refractivity contribution in [3.8, 4) is 0 Å². The van der Waals surface area contributed by atoms with E-state index in [9.17, 15) is 8.78 Å². The third-order valence-electron chi connectivity index (χ3n) is 2.84. The number of halogens is 2. The van der Waals surface area contributed by atoms with E-state index < -0.39 is 5.82 Å². The molecule has 0 atom stereocenters. The van der Waals surface area contributed by atoms with Gasteiger partial charge in [0, 0.05) is 16.7 Å². The van der Waals surface area contributed by atoms with Gasteiger partial charge in [-0.2, -0.15) is 0 Å². The molecule has 0 saturated heterocycles. The van der Waals surface area contributed by atoms with Crippen LogP contribution < -0.4 is 5.73 Å². The highest BCUT2D eigenvalue weighted by Gasteiger charge is 2.06. The van der Waals surface area contributed by atoms with Crippen molar-refractivity contribution < 1.29 is 13.5 Å². The molecule has 3 N–H and O–H groups in total. The summed E-state index contributed by atoms with van der Waals surface area (Å²) in [5.41, 5.74) is 6.35. The van der Waals surface area contributed by atoms with Gasteiger partial charge in [0.05, 0.1) is 13.2 Å². The van der Waals surface area contributed by atoms with Gasteiger partial charge in [-0.3, -0.25) is 5.41 Å². The van der Waals surface area contributed by atoms with E-state index >= 15 is 0 Å². The van der Waals surface area contributed by atoms with Crippen molar-refractivity contribution >= 4 is 5.84 Å². The van der Waals surface area contributed by atoms with Crippen molar-refractivity contribution in [2.45, 2.75) is 13.2 Å². The summed E-state index contributed by atoms with van der Waals surface area (Å²) in [6.45, 7) is 0.0962. The fraction of sp³-hybridized carbons (Fsp3) is 0.133. The fourth-order valence-corrected chi connectivity index (χ4v) is 1.72. The lowest BCUT2D eigenvalue weighted by Crippen LogP contribution is -2.11. The zero-order chi connectivity index (χ0) is 14.5. The second kappa shape index (κ2) is 6.25. The predicted octanol–water partition coefficient (Wildman–Crippen LogP) is 2.97. The molecule has 0 aliphatic rings. The second-order valence-corrected chi connectivity index (χ2v) is 4.30. The van der Waals surface area contributed by atoms with E-state index in [1.807, 2.05) is 0 Å². The normalized spacial score (nSPS) is 10.5. The summed E-state index contributed by atoms with van der Waals surface area (Å²) in [5.74, 6) is -1.03. The smallest absolute Gasteiger partial charge is 0.129 e. The number of ether oxygens (including phenoxy) is 1. The van der Waals surface area contributed by atoms with Gasteiger partial charge < -0.3 is 10.5 Å². The van der Waals surface area contributed by atoms with Crippen LogP contribution in [0.25, 0.3) is 0 Å². The Morgan fingerprint density at radius 2 is 1.65 bits per heavy atom. The summed E-state index contributed by atoms with van der Waals surface area (Å²) in [6.07, 6.45) is 0. The minimum Gasteiger partial charge on any atom is -0.384 e. The van der Waals surface area contributed by atoms with E-state index in [1.54, 1.807) is 24.3 Å². The average Bonchev–Trinajstić information content (AvgIpc) is 2.42. The van der Waals surface area contributed by atoms with Crippen LogP contribution >= 0.6 is 0 Å². The Labute approximate surface area is 115 Å². The SMILES string of the molecule is N=C(N)c1ccc(COCc2ccccc2F)c(F)c1. The molecule has 0 amide bonds. The molecule has 0 aromatic heterocycles. The zero-order valence-electron chi connectivity index (χ0n) is 10.7. The van der Waals surface area contributed by atoms with Crippen LogP contribution in [0.15, 0.2) is 42.5 Å². The van der Waals surface area contributed by atoms with Gasteiger partial charge in [-0.15, -0.1) is 0 Å². The molecule has 0 aliphatic carbocycles. The lowest BCUT2D eigenvalue weighted by atomic mass is 10.1. The van der Waals surface area contributed by atoms with Crippen LogP contribution in [0.2, 0.25) is 0 Å². The number of nitrogen functional groups attached to an aromatic ring is 1. The van der Waals surface area contributed by atoms with E-state index in [-0.39, 0.29) is 24.9 Å². The lowest BCUT2D eigenvalue weighted by molar-refractivity contribution is 0.102. The summed E-state index contributed by atoms with van der Waals surface area (Å²) in [5, 5.41) is 7.21. The molecule has 3 nitrogen and oxygen atoms in total. The van der Waals surface area contributed by atoms with Gasteiger partial charge in [0.15, 0.2) is 0 Å². The minimum absolute atomic E-state index is 0.0261. The first-order valence-electron chi connectivity index (χ1n) is 6.02. The molecule has 20 heavy (non-hydrogen) atoms. The molecule has 0 unspecified atom stereocenters. The van der Waals surface area contributed by atoms with Crippen molar-refractivity contribution in [2.75, 3.05) is 0 Å². The van der Waals surface area contributed by atoms with Gasteiger partial charge in [0.2, 0.25) is 0 Å². The Hall–Kier alpha value is -2.27. The molecule has 2 rings (SSSR count). The lowest BCUT2D eigenvalue weighted by Gasteiger charge is -2.07. The highest BCUT2D eigenvalue weighted by atomic mass is 19.1. The number of nitrogens with two attached hydrogens (primary N) is 1. The summed E-state index contributed by atoms with van der Waals surface area (Å²) in [7, 11) is 0. The highest BCUT2D eigenvalue weighted by Crippen LogP contribution is 2.13. The number of benzene rings is 2. The maximum Gasteiger partial charge on any atom is 0.129 e. The first-order valence-corrected chi connectivity index (χ1v) is 6.02. The Bertz CT molecular complexity index is 629. The van der Waals surface area contributed by atoms with Crippen LogP contribution in [0.3, 0.4) is 0 Å². The maximum atomic E-state index is 13.7. The van der Waals surface area contributed by atoms with E-state index in [0.29, 0.717) is 16.7 Å². The van der Waals surface area contributed by atoms with Crippen LogP contribution in [0, 0.1) is 17.0 Å². The quantitative estimate of drug-likeness (QED) is 0.651. The molecule has 0 radical (unpaired) electrons. The molecule has 5 heteroatoms. The van der Waals surface area contributed by atoms with E-state index in [4.69, 9.17) is 15.9 Å². The molecule has 0 aliphatic heterocycles. The van der Waals surface area contributed by atoms with Gasteiger partial charge in [-0.25, -0.2) is 8.78 Å². The summed E-state index contributed by atoms with van der Waals surface area (Å²) in [6, 6.07) is 10.5. The fourth-order valence-electron chi connectivity index (χ4n) is 1.72. The Morgan fingerprint density at radius 3 is 2.25 bits per heavy atom. The Morgan fingerprint density at radius 1 is 1.00 bits per heavy atom. The third kappa shape index (κ3) is 3.39. The second-order valence-electron chi connectivity index (χ2n) is 4.30. The molecule has 104 valence electrons. The molecule has 0 bridgehead atoms. The molecular weight excluding hydrogens is 262 g/mol. The first-order chi connectivity index (χ1) is 9.58. The third-order valence-corrected chi connectivity index (χ3v) is 2.84. The van der Waals surface area contributed by atoms with Crippen LogP contribution in [0.1, 0.15) is 16.7 Å². The largest absolute Gasteiger partial charge is 0.384 e. The number of amidine groups is 1. The molecule has 2 aromatic carbocycles. The van der Waals surface area contributed by atoms with Crippen LogP contribution in [0.5, 0.6) is 0 Å². The topological polar surface area (TPSA) is 59.1 Å². The Balaban J connectivity index is 1.98. The van der Waals surface area contributed by atoms with E-state index in [1.165, 1.54) is 18.2 Å². The number of nitrogens with one attached hydrogen (secondary N) is 1. The van der Waals surface area contributed by atoms with Crippen LogP contribution in [-0.2, 0) is 18.0 Å². The van der Waals surface area contributed by atoms with Gasteiger partial charge in [0.25, 0.3) is 0 Å². The minimum atomic E-state index is -0.494. The predicted molar refractivity (Wildman–Crippen MR) is 72.3 cm³/mol. The number of hydrogen-bond acceptors (Lipinski definition) is 2. The van der Waals surface area contributed by atoms with Crippen LogP contribution in [-0.4, -0.2) is 5.84 Å². The average molecular weight is 276 g/mol. The molecular formula is C15H14F2N2O. The first kappa shape index (κ1) is 14.1. The molecule has 0 spiro atoms. The Kier molecular flexibility index (Phi) is 4.42. The molecule has 0 fully saturated rings. The molecule has 0 saturated carbocycles. The summed E-state index contributed by atoms with van der Waals surface area (Å²) in [4.78, 5) is 0. The number of rotatable bonds is 5. The van der Waals surface area contributed by atoms with Crippen LogP contribution in [0.4, 0.5) is 8.78 Å². The van der Waals surface area contributed by atoms with Gasteiger partial charge >= 0.3 is 0 Å². The van der Waals surface area contributed by atoms with E-state index in [0.717, 1.165) is 0 Å². The highest BCUT2D eigenvalue weighted by molar-refractivity contribution is 5.94. The standard InChI is InChI=1S/C15H14F2N2O/c16-13-4-2-1-3-11(13)8-20-9-12-6-5-10(15(18)19)7-14(12)17/h1-7H,8-9H2,(H3,18,19). The van der Waals surface area contributed by atoms with Crippen molar-refractivity contribution in [1.82, 2.24) is 0 Å². The van der Waals surface area contributed by atoms with Crippen molar-refractivity contribution in [2.24, 2.45) is 5.73 Å². The van der Waals surface area contributed by atoms with Crippen molar-refractivity contribution in [3.63, 3.8) is 0 Å². The summed E-state index contributed by atoms with van der Waals surface area (Å²) >= 11 is 0. The molecule has 0 heterocycles. The van der Waals surface area contributed by atoms with Gasteiger partial charge in [-0.1, -0.05) is 30.3 Å². The maximum absolute atomic E-state index is 13.7. The van der Waals surface area contributed by atoms with Crippen molar-refractivity contribution in [3.05, 3.63) is 70.8 Å². The van der Waals surface area contributed by atoms with Gasteiger partial charge in [-0.05, 0) is 12.1 Å². The van der Waals surface area contributed by atoms with Crippen molar-refractivity contribution in [1.29, 1.82) is 5.41 Å². The molecule has 2 aromatic rings. The monoisotopic (exact) mass is 276 g/mol. The number of hydrogen-bond donors (Lipinski definition) is 2.